The fraction of sp³-hybridized carbons (Fsp3) is 0.143. The molecule has 0 aromatic heterocycles. The van der Waals surface area contributed by atoms with E-state index in [1.165, 1.54) is 30.3 Å². The quantitative estimate of drug-likeness (QED) is 0.657. The van der Waals surface area contributed by atoms with Gasteiger partial charge < -0.3 is 9.84 Å². The van der Waals surface area contributed by atoms with Gasteiger partial charge >= 0.3 is 0 Å². The minimum absolute atomic E-state index is 0.0203. The zero-order valence-corrected chi connectivity index (χ0v) is 12.3. The number of rotatable bonds is 5. The molecule has 2 aromatic carbocycles. The fourth-order valence-electron chi connectivity index (χ4n) is 1.76. The summed E-state index contributed by atoms with van der Waals surface area (Å²) in [6.45, 7) is -0.318. The average molecular weight is 356 g/mol. The highest BCUT2D eigenvalue weighted by atomic mass is 79.9. The minimum atomic E-state index is -0.570. The van der Waals surface area contributed by atoms with E-state index in [0.717, 1.165) is 0 Å². The summed E-state index contributed by atoms with van der Waals surface area (Å²) in [7, 11) is 0. The van der Waals surface area contributed by atoms with Gasteiger partial charge in [0.1, 0.15) is 6.61 Å². The molecule has 0 heterocycles. The third-order valence-corrected chi connectivity index (χ3v) is 3.58. The Kier molecular flexibility index (Phi) is 4.87. The van der Waals surface area contributed by atoms with Crippen LogP contribution in [0.1, 0.15) is 11.1 Å². The molecule has 0 saturated heterocycles. The molecule has 0 radical (unpaired) electrons. The summed E-state index contributed by atoms with van der Waals surface area (Å²) in [5.74, 6) is -0.593. The number of ether oxygens (including phenoxy) is 1. The van der Waals surface area contributed by atoms with Crippen LogP contribution in [0.4, 0.5) is 10.1 Å². The first kappa shape index (κ1) is 15.4. The number of nitrogens with zero attached hydrogens (tertiary/aromatic N) is 1. The van der Waals surface area contributed by atoms with Crippen molar-refractivity contribution in [2.45, 2.75) is 13.2 Å². The van der Waals surface area contributed by atoms with Gasteiger partial charge in [-0.1, -0.05) is 28.1 Å². The van der Waals surface area contributed by atoms with Crippen molar-refractivity contribution in [3.8, 4) is 5.75 Å². The Morgan fingerprint density at radius 2 is 2.05 bits per heavy atom. The highest BCUT2D eigenvalue weighted by molar-refractivity contribution is 9.10. The molecule has 2 aromatic rings. The normalized spacial score (nSPS) is 10.4. The molecule has 2 rings (SSSR count). The molecule has 0 aliphatic heterocycles. The molecule has 0 saturated carbocycles. The van der Waals surface area contributed by atoms with Gasteiger partial charge in [-0.25, -0.2) is 4.39 Å². The summed E-state index contributed by atoms with van der Waals surface area (Å²) in [5, 5.41) is 19.8. The molecule has 0 bridgehead atoms. The molecule has 0 aliphatic rings. The lowest BCUT2D eigenvalue weighted by Crippen LogP contribution is -2.02. The van der Waals surface area contributed by atoms with Gasteiger partial charge in [-0.3, -0.25) is 10.1 Å². The molecule has 0 atom stereocenters. The highest BCUT2D eigenvalue weighted by Gasteiger charge is 2.12. The Balaban J connectivity index is 2.19. The zero-order chi connectivity index (χ0) is 15.4. The monoisotopic (exact) mass is 355 g/mol. The lowest BCUT2D eigenvalue weighted by molar-refractivity contribution is -0.384. The van der Waals surface area contributed by atoms with Crippen LogP contribution in [0.3, 0.4) is 0 Å². The number of para-hydroxylation sites is 1. The number of hydrogen-bond donors (Lipinski definition) is 1. The van der Waals surface area contributed by atoms with Gasteiger partial charge in [0.15, 0.2) is 11.6 Å². The SMILES string of the molecule is O=[N+]([O-])c1ccc(COc2c(F)cccc2CO)c(Br)c1. The molecule has 0 fully saturated rings. The fourth-order valence-corrected chi connectivity index (χ4v) is 2.24. The van der Waals surface area contributed by atoms with Crippen LogP contribution < -0.4 is 4.74 Å². The second-order valence-corrected chi connectivity index (χ2v) is 5.06. The molecule has 0 unspecified atom stereocenters. The van der Waals surface area contributed by atoms with E-state index in [4.69, 9.17) is 9.84 Å². The zero-order valence-electron chi connectivity index (χ0n) is 10.8. The van der Waals surface area contributed by atoms with E-state index in [1.54, 1.807) is 6.07 Å². The molecule has 110 valence electrons. The minimum Gasteiger partial charge on any atom is -0.485 e. The molecule has 1 N–H and O–H groups in total. The van der Waals surface area contributed by atoms with Crippen molar-refractivity contribution in [1.29, 1.82) is 0 Å². The number of nitro benzene ring substituents is 1. The van der Waals surface area contributed by atoms with E-state index in [2.05, 4.69) is 15.9 Å². The van der Waals surface area contributed by atoms with E-state index in [-0.39, 0.29) is 24.7 Å². The van der Waals surface area contributed by atoms with Crippen molar-refractivity contribution in [1.82, 2.24) is 0 Å². The first-order valence-corrected chi connectivity index (χ1v) is 6.76. The van der Waals surface area contributed by atoms with E-state index >= 15 is 0 Å². The summed E-state index contributed by atoms with van der Waals surface area (Å²) in [6.07, 6.45) is 0. The van der Waals surface area contributed by atoms with E-state index in [0.29, 0.717) is 15.6 Å². The second-order valence-electron chi connectivity index (χ2n) is 4.21. The summed E-state index contributed by atoms with van der Waals surface area (Å²) in [6, 6.07) is 8.50. The molecule has 7 heteroatoms. The summed E-state index contributed by atoms with van der Waals surface area (Å²) < 4.78 is 19.6. The van der Waals surface area contributed by atoms with Crippen molar-refractivity contribution in [2.24, 2.45) is 0 Å². The predicted molar refractivity (Wildman–Crippen MR) is 77.5 cm³/mol. The molecular weight excluding hydrogens is 345 g/mol. The first-order chi connectivity index (χ1) is 10.0. The number of benzene rings is 2. The largest absolute Gasteiger partial charge is 0.485 e. The number of non-ortho nitro benzene ring substituents is 1. The summed E-state index contributed by atoms with van der Waals surface area (Å²) in [4.78, 5) is 10.1. The molecule has 21 heavy (non-hydrogen) atoms. The maximum atomic E-state index is 13.7. The van der Waals surface area contributed by atoms with Crippen LogP contribution in [-0.2, 0) is 13.2 Å². The van der Waals surface area contributed by atoms with Gasteiger partial charge in [0.2, 0.25) is 0 Å². The Morgan fingerprint density at radius 1 is 1.29 bits per heavy atom. The van der Waals surface area contributed by atoms with E-state index in [9.17, 15) is 14.5 Å². The average Bonchev–Trinajstić information content (AvgIpc) is 2.46. The van der Waals surface area contributed by atoms with Crippen LogP contribution in [0, 0.1) is 15.9 Å². The van der Waals surface area contributed by atoms with Crippen LogP contribution in [0.15, 0.2) is 40.9 Å². The maximum Gasteiger partial charge on any atom is 0.270 e. The third-order valence-electron chi connectivity index (χ3n) is 2.84. The van der Waals surface area contributed by atoms with Gasteiger partial charge in [0.25, 0.3) is 5.69 Å². The van der Waals surface area contributed by atoms with Crippen LogP contribution in [0.2, 0.25) is 0 Å². The molecule has 5 nitrogen and oxygen atoms in total. The van der Waals surface area contributed by atoms with Gasteiger partial charge in [0.05, 0.1) is 11.5 Å². The van der Waals surface area contributed by atoms with Crippen molar-refractivity contribution in [3.63, 3.8) is 0 Å². The van der Waals surface area contributed by atoms with Crippen LogP contribution in [0.5, 0.6) is 5.75 Å². The number of aliphatic hydroxyl groups is 1. The Morgan fingerprint density at radius 3 is 2.67 bits per heavy atom. The van der Waals surface area contributed by atoms with Gasteiger partial charge in [-0.15, -0.1) is 0 Å². The Bertz CT molecular complexity index is 678. The maximum absolute atomic E-state index is 13.7. The van der Waals surface area contributed by atoms with Crippen LogP contribution in [0.25, 0.3) is 0 Å². The Labute approximate surface area is 128 Å². The van der Waals surface area contributed by atoms with Crippen molar-refractivity contribution >= 4 is 21.6 Å². The second kappa shape index (κ2) is 6.64. The number of aliphatic hydroxyl groups excluding tert-OH is 1. The third kappa shape index (κ3) is 3.56. The van der Waals surface area contributed by atoms with Gasteiger partial charge in [0, 0.05) is 27.7 Å². The van der Waals surface area contributed by atoms with E-state index in [1.807, 2.05) is 0 Å². The molecular formula is C14H11BrFNO4. The van der Waals surface area contributed by atoms with E-state index < -0.39 is 10.7 Å². The molecule has 0 aliphatic carbocycles. The number of nitro groups is 1. The van der Waals surface area contributed by atoms with Crippen molar-refractivity contribution in [2.75, 3.05) is 0 Å². The number of halogens is 2. The smallest absolute Gasteiger partial charge is 0.270 e. The number of hydrogen-bond acceptors (Lipinski definition) is 4. The van der Waals surface area contributed by atoms with Crippen LogP contribution >= 0.6 is 15.9 Å². The topological polar surface area (TPSA) is 72.6 Å². The van der Waals surface area contributed by atoms with Crippen LogP contribution in [-0.4, -0.2) is 10.0 Å². The molecule has 0 spiro atoms. The summed E-state index contributed by atoms with van der Waals surface area (Å²) >= 11 is 3.22. The van der Waals surface area contributed by atoms with Crippen molar-refractivity contribution < 1.29 is 19.2 Å². The van der Waals surface area contributed by atoms with Gasteiger partial charge in [-0.05, 0) is 12.1 Å². The lowest BCUT2D eigenvalue weighted by atomic mass is 10.2. The highest BCUT2D eigenvalue weighted by Crippen LogP contribution is 2.27. The van der Waals surface area contributed by atoms with Crippen molar-refractivity contribution in [3.05, 3.63) is 67.9 Å². The predicted octanol–water partition coefficient (Wildman–Crippen LogP) is 3.57. The lowest BCUT2D eigenvalue weighted by Gasteiger charge is -2.12. The Hall–Kier alpha value is -1.99. The van der Waals surface area contributed by atoms with Gasteiger partial charge in [-0.2, -0.15) is 0 Å². The summed E-state index contributed by atoms with van der Waals surface area (Å²) in [5.41, 5.74) is 0.924. The molecule has 0 amide bonds. The first-order valence-electron chi connectivity index (χ1n) is 5.96. The standard InChI is InChI=1S/C14H11BrFNO4/c15-12-6-11(17(19)20)5-4-10(12)8-21-14-9(7-18)2-1-3-13(14)16/h1-6,18H,7-8H2.